The Balaban J connectivity index is 2.06. The van der Waals surface area contributed by atoms with Gasteiger partial charge in [-0.05, 0) is 63.9 Å². The van der Waals surface area contributed by atoms with Crippen molar-refractivity contribution in [2.45, 2.75) is 25.7 Å². The Labute approximate surface area is 149 Å². The summed E-state index contributed by atoms with van der Waals surface area (Å²) in [5.74, 6) is 0.510. The second-order valence-corrected chi connectivity index (χ2v) is 5.71. The van der Waals surface area contributed by atoms with Gasteiger partial charge in [0.1, 0.15) is 5.84 Å². The van der Waals surface area contributed by atoms with Crippen molar-refractivity contribution in [1.29, 1.82) is 0 Å². The molecule has 25 heavy (non-hydrogen) atoms. The van der Waals surface area contributed by atoms with Crippen molar-refractivity contribution in [3.05, 3.63) is 40.3 Å². The lowest BCUT2D eigenvalue weighted by molar-refractivity contribution is 0.570. The SMILES string of the molecule is [N-]=[N+]=Nc1ccc(C(N)=NCCCNCCCCNCCCN)cc1. The number of hydrogen-bond acceptors (Lipinski definition) is 5. The molecule has 0 fully saturated rings. The quantitative estimate of drug-likeness (QED) is 0.102. The Morgan fingerprint density at radius 3 is 2.16 bits per heavy atom. The molecule has 1 aromatic carbocycles. The zero-order chi connectivity index (χ0) is 18.2. The van der Waals surface area contributed by atoms with E-state index in [9.17, 15) is 0 Å². The van der Waals surface area contributed by atoms with Gasteiger partial charge in [0, 0.05) is 22.7 Å². The molecule has 0 saturated carbocycles. The average Bonchev–Trinajstić information content (AvgIpc) is 2.63. The van der Waals surface area contributed by atoms with Gasteiger partial charge < -0.3 is 22.1 Å². The number of aliphatic imine (C=N–C) groups is 1. The monoisotopic (exact) mass is 346 g/mol. The second kappa shape index (κ2) is 14.2. The summed E-state index contributed by atoms with van der Waals surface area (Å²) in [7, 11) is 0. The molecule has 0 aliphatic carbocycles. The van der Waals surface area contributed by atoms with Gasteiger partial charge in [0.15, 0.2) is 0 Å². The molecule has 1 aromatic rings. The van der Waals surface area contributed by atoms with Crippen LogP contribution in [0.25, 0.3) is 10.4 Å². The molecule has 0 atom stereocenters. The maximum atomic E-state index is 8.37. The van der Waals surface area contributed by atoms with Crippen molar-refractivity contribution in [2.24, 2.45) is 21.6 Å². The number of azide groups is 1. The van der Waals surface area contributed by atoms with E-state index in [1.807, 2.05) is 12.1 Å². The highest BCUT2D eigenvalue weighted by atomic mass is 15.1. The lowest BCUT2D eigenvalue weighted by atomic mass is 10.2. The number of nitrogens with one attached hydrogen (secondary N) is 2. The van der Waals surface area contributed by atoms with Gasteiger partial charge in [-0.3, -0.25) is 4.99 Å². The Bertz CT molecular complexity index is 534. The van der Waals surface area contributed by atoms with Crippen molar-refractivity contribution in [2.75, 3.05) is 39.3 Å². The molecule has 1 rings (SSSR count). The molecule has 0 heterocycles. The fourth-order valence-corrected chi connectivity index (χ4v) is 2.22. The average molecular weight is 346 g/mol. The third-order valence-electron chi connectivity index (χ3n) is 3.63. The van der Waals surface area contributed by atoms with E-state index in [-0.39, 0.29) is 0 Å². The van der Waals surface area contributed by atoms with E-state index >= 15 is 0 Å². The molecular formula is C17H30N8. The van der Waals surface area contributed by atoms with Gasteiger partial charge in [-0.1, -0.05) is 29.4 Å². The van der Waals surface area contributed by atoms with E-state index in [0.717, 1.165) is 51.1 Å². The van der Waals surface area contributed by atoms with E-state index in [1.54, 1.807) is 12.1 Å². The topological polar surface area (TPSA) is 137 Å². The highest BCUT2D eigenvalue weighted by molar-refractivity contribution is 5.97. The van der Waals surface area contributed by atoms with Gasteiger partial charge in [-0.2, -0.15) is 0 Å². The molecule has 0 aromatic heterocycles. The number of benzene rings is 1. The lowest BCUT2D eigenvalue weighted by Gasteiger charge is -2.05. The van der Waals surface area contributed by atoms with Crippen molar-refractivity contribution in [3.63, 3.8) is 0 Å². The van der Waals surface area contributed by atoms with Crippen molar-refractivity contribution >= 4 is 11.5 Å². The Morgan fingerprint density at radius 1 is 0.960 bits per heavy atom. The van der Waals surface area contributed by atoms with Crippen molar-refractivity contribution in [3.8, 4) is 0 Å². The molecular weight excluding hydrogens is 316 g/mol. The molecule has 0 unspecified atom stereocenters. The smallest absolute Gasteiger partial charge is 0.125 e. The van der Waals surface area contributed by atoms with Crippen molar-refractivity contribution < 1.29 is 0 Å². The number of rotatable bonds is 14. The Kier molecular flexibility index (Phi) is 11.9. The molecule has 8 heteroatoms. The summed E-state index contributed by atoms with van der Waals surface area (Å²) in [6.07, 6.45) is 4.33. The highest BCUT2D eigenvalue weighted by Crippen LogP contribution is 2.12. The molecule has 138 valence electrons. The maximum absolute atomic E-state index is 8.37. The van der Waals surface area contributed by atoms with Crippen LogP contribution in [0.3, 0.4) is 0 Å². The first-order chi connectivity index (χ1) is 12.3. The number of hydrogen-bond donors (Lipinski definition) is 4. The van der Waals surface area contributed by atoms with Crippen LogP contribution in [0.2, 0.25) is 0 Å². The molecule has 8 nitrogen and oxygen atoms in total. The normalized spacial score (nSPS) is 11.3. The largest absolute Gasteiger partial charge is 0.384 e. The summed E-state index contributed by atoms with van der Waals surface area (Å²) in [6, 6.07) is 7.07. The predicted octanol–water partition coefficient (Wildman–Crippen LogP) is 2.03. The Morgan fingerprint density at radius 2 is 1.56 bits per heavy atom. The Hall–Kier alpha value is -2.12. The fourth-order valence-electron chi connectivity index (χ4n) is 2.22. The number of nitrogens with two attached hydrogens (primary N) is 2. The van der Waals surface area contributed by atoms with Gasteiger partial charge in [0.25, 0.3) is 0 Å². The molecule has 0 spiro atoms. The van der Waals surface area contributed by atoms with Crippen LogP contribution >= 0.6 is 0 Å². The van der Waals surface area contributed by atoms with Crippen LogP contribution in [0.5, 0.6) is 0 Å². The summed E-state index contributed by atoms with van der Waals surface area (Å²) >= 11 is 0. The number of unbranched alkanes of at least 4 members (excludes halogenated alkanes) is 1. The lowest BCUT2D eigenvalue weighted by Crippen LogP contribution is -2.22. The van der Waals surface area contributed by atoms with Crippen LogP contribution in [-0.2, 0) is 0 Å². The van der Waals surface area contributed by atoms with Crippen LogP contribution in [0.4, 0.5) is 5.69 Å². The maximum Gasteiger partial charge on any atom is 0.125 e. The summed E-state index contributed by atoms with van der Waals surface area (Å²) in [5, 5.41) is 10.3. The number of amidine groups is 1. The molecule has 0 saturated heterocycles. The van der Waals surface area contributed by atoms with E-state index in [2.05, 4.69) is 25.7 Å². The molecule has 0 radical (unpaired) electrons. The third kappa shape index (κ3) is 10.4. The van der Waals surface area contributed by atoms with E-state index in [4.69, 9.17) is 17.0 Å². The van der Waals surface area contributed by atoms with Gasteiger partial charge >= 0.3 is 0 Å². The first-order valence-electron chi connectivity index (χ1n) is 8.85. The minimum atomic E-state index is 0.510. The highest BCUT2D eigenvalue weighted by Gasteiger charge is 1.98. The van der Waals surface area contributed by atoms with Gasteiger partial charge in [-0.15, -0.1) is 0 Å². The molecule has 0 aliphatic heterocycles. The van der Waals surface area contributed by atoms with Gasteiger partial charge in [0.05, 0.1) is 0 Å². The third-order valence-corrected chi connectivity index (χ3v) is 3.63. The van der Waals surface area contributed by atoms with Crippen LogP contribution < -0.4 is 22.1 Å². The van der Waals surface area contributed by atoms with Crippen molar-refractivity contribution in [1.82, 2.24) is 10.6 Å². The first-order valence-corrected chi connectivity index (χ1v) is 8.85. The first kappa shape index (κ1) is 20.9. The molecule has 0 bridgehead atoms. The summed E-state index contributed by atoms with van der Waals surface area (Å²) in [6.45, 7) is 5.48. The van der Waals surface area contributed by atoms with Crippen LogP contribution in [0.1, 0.15) is 31.2 Å². The van der Waals surface area contributed by atoms with E-state index in [0.29, 0.717) is 18.1 Å². The molecule has 0 aliphatic rings. The minimum Gasteiger partial charge on any atom is -0.384 e. The summed E-state index contributed by atoms with van der Waals surface area (Å²) in [4.78, 5) is 7.12. The summed E-state index contributed by atoms with van der Waals surface area (Å²) < 4.78 is 0. The fraction of sp³-hybridized carbons (Fsp3) is 0.588. The van der Waals surface area contributed by atoms with E-state index < -0.39 is 0 Å². The second-order valence-electron chi connectivity index (χ2n) is 5.71. The molecule has 0 amide bonds. The zero-order valence-corrected chi connectivity index (χ0v) is 14.8. The predicted molar refractivity (Wildman–Crippen MR) is 104 cm³/mol. The van der Waals surface area contributed by atoms with Crippen LogP contribution in [0, 0.1) is 0 Å². The van der Waals surface area contributed by atoms with Crippen LogP contribution in [0.15, 0.2) is 34.4 Å². The van der Waals surface area contributed by atoms with Crippen LogP contribution in [-0.4, -0.2) is 45.1 Å². The van der Waals surface area contributed by atoms with E-state index in [1.165, 1.54) is 12.8 Å². The molecule has 6 N–H and O–H groups in total. The standard InChI is InChI=1S/C17H30N8/c18-9-3-12-21-10-1-2-11-22-13-4-14-23-17(19)15-5-7-16(8-6-15)24-25-20/h5-8,21-22H,1-4,9-14,18H2,(H2,19,23). The van der Waals surface area contributed by atoms with Gasteiger partial charge in [0.2, 0.25) is 0 Å². The summed E-state index contributed by atoms with van der Waals surface area (Å²) in [5.41, 5.74) is 21.2. The minimum absolute atomic E-state index is 0.510. The zero-order valence-electron chi connectivity index (χ0n) is 14.8. The number of nitrogens with zero attached hydrogens (tertiary/aromatic N) is 4. The van der Waals surface area contributed by atoms with Gasteiger partial charge in [-0.25, -0.2) is 0 Å².